The van der Waals surface area contributed by atoms with Gasteiger partial charge in [0.25, 0.3) is 5.91 Å². The first-order chi connectivity index (χ1) is 11.8. The van der Waals surface area contributed by atoms with Gasteiger partial charge in [0.2, 0.25) is 5.89 Å². The van der Waals surface area contributed by atoms with Gasteiger partial charge >= 0.3 is 0 Å². The van der Waals surface area contributed by atoms with Gasteiger partial charge in [0.1, 0.15) is 6.26 Å². The third-order valence-electron chi connectivity index (χ3n) is 3.63. The summed E-state index contributed by atoms with van der Waals surface area (Å²) in [6.45, 7) is 1.62. The zero-order valence-electron chi connectivity index (χ0n) is 13.5. The summed E-state index contributed by atoms with van der Waals surface area (Å²) < 4.78 is 5.20. The maximum Gasteiger partial charge on any atom is 0.273 e. The lowest BCUT2D eigenvalue weighted by molar-refractivity contribution is 0.0950. The number of carbonyl (C=O) groups is 1. The highest BCUT2D eigenvalue weighted by atomic mass is 16.3. The van der Waals surface area contributed by atoms with Gasteiger partial charge in [-0.2, -0.15) is 0 Å². The van der Waals surface area contributed by atoms with Crippen LogP contribution in [0.25, 0.3) is 10.8 Å². The lowest BCUT2D eigenvalue weighted by atomic mass is 10.1. The number of amides is 1. The Morgan fingerprint density at radius 1 is 1.12 bits per heavy atom. The number of fused-ring (bicyclic) bond motifs is 1. The van der Waals surface area contributed by atoms with Crippen LogP contribution in [0.3, 0.4) is 0 Å². The number of nitrogens with zero attached hydrogens (tertiary/aromatic N) is 1. The molecule has 0 aliphatic rings. The summed E-state index contributed by atoms with van der Waals surface area (Å²) in [6.07, 6.45) is 1.38. The summed E-state index contributed by atoms with van der Waals surface area (Å²) in [4.78, 5) is 16.1. The fraction of sp³-hybridized carbons (Fsp3) is 0.222. The highest BCUT2D eigenvalue weighted by Crippen LogP contribution is 2.22. The van der Waals surface area contributed by atoms with Gasteiger partial charge in [-0.25, -0.2) is 4.98 Å². The van der Waals surface area contributed by atoms with E-state index in [2.05, 4.69) is 39.1 Å². The minimum absolute atomic E-state index is 0.235. The fourth-order valence-corrected chi connectivity index (χ4v) is 2.49. The first kappa shape index (κ1) is 16.0. The minimum Gasteiger partial charge on any atom is -0.447 e. The van der Waals surface area contributed by atoms with Gasteiger partial charge in [0, 0.05) is 24.2 Å². The Hall–Kier alpha value is -2.86. The third-order valence-corrected chi connectivity index (χ3v) is 3.63. The van der Waals surface area contributed by atoms with E-state index in [1.165, 1.54) is 17.0 Å². The number of carbonyl (C=O) groups excluding carboxylic acids is 1. The molecule has 1 aromatic heterocycles. The smallest absolute Gasteiger partial charge is 0.273 e. The van der Waals surface area contributed by atoms with Gasteiger partial charge in [-0.05, 0) is 18.5 Å². The molecule has 2 aromatic carbocycles. The first-order valence-corrected chi connectivity index (χ1v) is 7.87. The number of rotatable bonds is 7. The zero-order valence-corrected chi connectivity index (χ0v) is 13.5. The van der Waals surface area contributed by atoms with Gasteiger partial charge in [-0.3, -0.25) is 4.79 Å². The van der Waals surface area contributed by atoms with Gasteiger partial charge in [0.15, 0.2) is 5.69 Å². The van der Waals surface area contributed by atoms with Crippen molar-refractivity contribution in [1.82, 2.24) is 15.6 Å². The normalized spacial score (nSPS) is 10.7. The number of nitrogens with one attached hydrogen (secondary N) is 3. The molecule has 0 aliphatic carbocycles. The Labute approximate surface area is 140 Å². The summed E-state index contributed by atoms with van der Waals surface area (Å²) in [5, 5.41) is 11.5. The van der Waals surface area contributed by atoms with Crippen molar-refractivity contribution in [1.29, 1.82) is 0 Å². The molecule has 3 aromatic rings. The molecule has 0 radical (unpaired) electrons. The maximum absolute atomic E-state index is 12.0. The predicted molar refractivity (Wildman–Crippen MR) is 94.0 cm³/mol. The molecule has 0 bridgehead atoms. The maximum atomic E-state index is 12.0. The quantitative estimate of drug-likeness (QED) is 0.582. The summed E-state index contributed by atoms with van der Waals surface area (Å²) >= 11 is 0. The highest BCUT2D eigenvalue weighted by Gasteiger charge is 2.11. The number of aromatic nitrogens is 1. The molecule has 6 nitrogen and oxygen atoms in total. The van der Waals surface area contributed by atoms with Gasteiger partial charge in [-0.15, -0.1) is 0 Å². The second kappa shape index (κ2) is 7.61. The predicted octanol–water partition coefficient (Wildman–Crippen LogP) is 2.39. The molecule has 24 heavy (non-hydrogen) atoms. The second-order valence-corrected chi connectivity index (χ2v) is 5.37. The molecule has 3 rings (SSSR count). The molecule has 0 saturated carbocycles. The van der Waals surface area contributed by atoms with Crippen LogP contribution in [-0.2, 0) is 6.54 Å². The van der Waals surface area contributed by atoms with Crippen LogP contribution in [0.15, 0.2) is 53.1 Å². The lowest BCUT2D eigenvalue weighted by Crippen LogP contribution is -2.29. The van der Waals surface area contributed by atoms with Gasteiger partial charge in [0.05, 0.1) is 6.54 Å². The fourth-order valence-electron chi connectivity index (χ4n) is 2.49. The number of oxazole rings is 1. The van der Waals surface area contributed by atoms with Crippen LogP contribution < -0.4 is 16.0 Å². The molecule has 0 spiro atoms. The van der Waals surface area contributed by atoms with E-state index < -0.39 is 0 Å². The molecule has 0 atom stereocenters. The van der Waals surface area contributed by atoms with Crippen molar-refractivity contribution < 1.29 is 9.21 Å². The average molecular weight is 324 g/mol. The van der Waals surface area contributed by atoms with E-state index in [1.54, 1.807) is 7.05 Å². The van der Waals surface area contributed by atoms with Gasteiger partial charge in [-0.1, -0.05) is 36.4 Å². The van der Waals surface area contributed by atoms with Crippen molar-refractivity contribution in [2.24, 2.45) is 0 Å². The number of anilines is 1. The Morgan fingerprint density at radius 2 is 1.96 bits per heavy atom. The van der Waals surface area contributed by atoms with Crippen molar-refractivity contribution in [2.75, 3.05) is 25.5 Å². The molecule has 0 unspecified atom stereocenters. The summed E-state index contributed by atoms with van der Waals surface area (Å²) in [5.74, 6) is 0.261. The van der Waals surface area contributed by atoms with Gasteiger partial charge < -0.3 is 20.4 Å². The first-order valence-electron chi connectivity index (χ1n) is 7.87. The standard InChI is InChI=1S/C18H20N4O2/c1-19-11-17-22-16(12-24-17)18(23)21-10-9-20-15-8-4-6-13-5-2-3-7-14(13)15/h2-8,12,19-20H,9-11H2,1H3,(H,21,23). The second-order valence-electron chi connectivity index (χ2n) is 5.37. The number of hydrogen-bond donors (Lipinski definition) is 3. The van der Waals surface area contributed by atoms with Crippen LogP contribution in [0.2, 0.25) is 0 Å². The summed E-state index contributed by atoms with van der Waals surface area (Å²) in [5.41, 5.74) is 1.35. The van der Waals surface area contributed by atoms with Crippen molar-refractivity contribution in [3.63, 3.8) is 0 Å². The van der Waals surface area contributed by atoms with E-state index in [1.807, 2.05) is 24.3 Å². The Bertz CT molecular complexity index is 823. The molecule has 0 saturated heterocycles. The average Bonchev–Trinajstić information content (AvgIpc) is 3.08. The van der Waals surface area contributed by atoms with Crippen LogP contribution in [0.1, 0.15) is 16.4 Å². The molecule has 3 N–H and O–H groups in total. The Kier molecular flexibility index (Phi) is 5.08. The van der Waals surface area contributed by atoms with E-state index in [0.717, 1.165) is 5.69 Å². The molecule has 6 heteroatoms. The molecule has 1 amide bonds. The van der Waals surface area contributed by atoms with E-state index >= 15 is 0 Å². The lowest BCUT2D eigenvalue weighted by Gasteiger charge is -2.10. The monoisotopic (exact) mass is 324 g/mol. The van der Waals surface area contributed by atoms with Crippen LogP contribution in [0.4, 0.5) is 5.69 Å². The van der Waals surface area contributed by atoms with Crippen LogP contribution in [0, 0.1) is 0 Å². The van der Waals surface area contributed by atoms with Crippen LogP contribution in [-0.4, -0.2) is 31.0 Å². The molecule has 0 fully saturated rings. The minimum atomic E-state index is -0.235. The van der Waals surface area contributed by atoms with E-state index in [4.69, 9.17) is 4.42 Å². The highest BCUT2D eigenvalue weighted by molar-refractivity contribution is 5.94. The molecule has 124 valence electrons. The molecular formula is C18H20N4O2. The Morgan fingerprint density at radius 3 is 2.83 bits per heavy atom. The van der Waals surface area contributed by atoms with Crippen molar-refractivity contribution in [2.45, 2.75) is 6.54 Å². The summed E-state index contributed by atoms with van der Waals surface area (Å²) in [6, 6.07) is 14.3. The van der Waals surface area contributed by atoms with E-state index in [-0.39, 0.29) is 5.91 Å². The Balaban J connectivity index is 1.52. The van der Waals surface area contributed by atoms with Crippen molar-refractivity contribution in [3.05, 3.63) is 60.3 Å². The van der Waals surface area contributed by atoms with Crippen molar-refractivity contribution >= 4 is 22.4 Å². The largest absolute Gasteiger partial charge is 0.447 e. The van der Waals surface area contributed by atoms with Crippen LogP contribution >= 0.6 is 0 Å². The number of benzene rings is 2. The van der Waals surface area contributed by atoms with Crippen LogP contribution in [0.5, 0.6) is 0 Å². The van der Waals surface area contributed by atoms with Crippen molar-refractivity contribution in [3.8, 4) is 0 Å². The van der Waals surface area contributed by atoms with E-state index in [0.29, 0.717) is 31.2 Å². The third kappa shape index (κ3) is 3.72. The topological polar surface area (TPSA) is 79.2 Å². The number of hydrogen-bond acceptors (Lipinski definition) is 5. The SMILES string of the molecule is CNCc1nc(C(=O)NCCNc2cccc3ccccc23)co1. The molecule has 0 aliphatic heterocycles. The van der Waals surface area contributed by atoms with E-state index in [9.17, 15) is 4.79 Å². The molecule has 1 heterocycles. The zero-order chi connectivity index (χ0) is 16.8. The summed E-state index contributed by atoms with van der Waals surface area (Å²) in [7, 11) is 1.79. The molecular weight excluding hydrogens is 304 g/mol.